The van der Waals surface area contributed by atoms with Crippen molar-refractivity contribution in [2.75, 3.05) is 13.1 Å². The van der Waals surface area contributed by atoms with Gasteiger partial charge >= 0.3 is 5.97 Å². The van der Waals surface area contributed by atoms with Crippen molar-refractivity contribution in [2.24, 2.45) is 11.3 Å². The van der Waals surface area contributed by atoms with Gasteiger partial charge in [-0.25, -0.2) is 0 Å². The molecule has 0 amide bonds. The van der Waals surface area contributed by atoms with Crippen molar-refractivity contribution in [3.63, 3.8) is 0 Å². The maximum absolute atomic E-state index is 11.0. The van der Waals surface area contributed by atoms with Gasteiger partial charge in [0.1, 0.15) is 0 Å². The van der Waals surface area contributed by atoms with Crippen LogP contribution in [0, 0.1) is 11.3 Å². The fraction of sp³-hybridized carbons (Fsp3) is 0.700. The Morgan fingerprint density at radius 1 is 1.85 bits per heavy atom. The predicted molar refractivity (Wildman–Crippen MR) is 49.4 cm³/mol. The van der Waals surface area contributed by atoms with Crippen molar-refractivity contribution in [1.29, 1.82) is 0 Å². The first kappa shape index (κ1) is 8.75. The summed E-state index contributed by atoms with van der Waals surface area (Å²) in [5.41, 5.74) is -0.392. The molecule has 2 fully saturated rings. The van der Waals surface area contributed by atoms with E-state index in [1.165, 1.54) is 0 Å². The Morgan fingerprint density at radius 3 is 3.00 bits per heavy atom. The van der Waals surface area contributed by atoms with E-state index in [1.54, 1.807) is 0 Å². The molecule has 3 heteroatoms. The summed E-state index contributed by atoms with van der Waals surface area (Å²) in [7, 11) is 0. The minimum absolute atomic E-state index is 0.309. The lowest BCUT2D eigenvalue weighted by Gasteiger charge is -2.23. The number of piperidine rings is 1. The number of likely N-dealkylation sites (tertiary alicyclic amines) is 1. The molecule has 0 aromatic rings. The highest BCUT2D eigenvalue weighted by atomic mass is 16.4. The summed E-state index contributed by atoms with van der Waals surface area (Å²) in [5, 5.41) is 9.03. The SMILES string of the molecule is C=CC(C)N1CC2CC2(C(=O)O)C1. The van der Waals surface area contributed by atoms with Gasteiger partial charge in [-0.15, -0.1) is 6.58 Å². The molecule has 1 heterocycles. The maximum atomic E-state index is 11.0. The van der Waals surface area contributed by atoms with Gasteiger partial charge in [-0.05, 0) is 19.3 Å². The van der Waals surface area contributed by atoms with Gasteiger partial charge in [-0.1, -0.05) is 6.08 Å². The van der Waals surface area contributed by atoms with E-state index in [0.29, 0.717) is 18.5 Å². The summed E-state index contributed by atoms with van der Waals surface area (Å²) in [6, 6.07) is 0.309. The lowest BCUT2D eigenvalue weighted by atomic mass is 10.1. The van der Waals surface area contributed by atoms with E-state index in [4.69, 9.17) is 5.11 Å². The lowest BCUT2D eigenvalue weighted by molar-refractivity contribution is -0.143. The molecule has 2 aliphatic rings. The number of rotatable bonds is 3. The number of fused-ring (bicyclic) bond motifs is 1. The number of nitrogens with zero attached hydrogens (tertiary/aromatic N) is 1. The quantitative estimate of drug-likeness (QED) is 0.659. The molecule has 3 unspecified atom stereocenters. The van der Waals surface area contributed by atoms with Crippen molar-refractivity contribution in [3.8, 4) is 0 Å². The first-order valence-electron chi connectivity index (χ1n) is 4.70. The maximum Gasteiger partial charge on any atom is 0.311 e. The molecule has 1 aliphatic carbocycles. The Morgan fingerprint density at radius 2 is 2.54 bits per heavy atom. The molecule has 0 spiro atoms. The lowest BCUT2D eigenvalue weighted by Crippen LogP contribution is -2.34. The molecule has 1 aliphatic heterocycles. The minimum atomic E-state index is -0.615. The second-order valence-electron chi connectivity index (χ2n) is 4.27. The van der Waals surface area contributed by atoms with Gasteiger partial charge in [-0.3, -0.25) is 9.69 Å². The predicted octanol–water partition coefficient (Wildman–Crippen LogP) is 0.967. The van der Waals surface area contributed by atoms with Crippen LogP contribution in [0.3, 0.4) is 0 Å². The molecule has 1 N–H and O–H groups in total. The van der Waals surface area contributed by atoms with E-state index in [1.807, 2.05) is 6.08 Å². The molecule has 0 aromatic heterocycles. The minimum Gasteiger partial charge on any atom is -0.481 e. The number of carbonyl (C=O) groups is 1. The van der Waals surface area contributed by atoms with E-state index >= 15 is 0 Å². The molecule has 3 atom stereocenters. The van der Waals surface area contributed by atoms with Crippen molar-refractivity contribution in [3.05, 3.63) is 12.7 Å². The van der Waals surface area contributed by atoms with E-state index < -0.39 is 11.4 Å². The molecule has 13 heavy (non-hydrogen) atoms. The van der Waals surface area contributed by atoms with Gasteiger partial charge in [0.2, 0.25) is 0 Å². The Labute approximate surface area is 78.0 Å². The molecule has 72 valence electrons. The normalized spacial score (nSPS) is 39.6. The summed E-state index contributed by atoms with van der Waals surface area (Å²) < 4.78 is 0. The molecular formula is C10H15NO2. The first-order chi connectivity index (χ1) is 6.10. The Kier molecular flexibility index (Phi) is 1.74. The second kappa shape index (κ2) is 2.58. The van der Waals surface area contributed by atoms with Crippen LogP contribution in [0.5, 0.6) is 0 Å². The zero-order chi connectivity index (χ0) is 9.64. The zero-order valence-corrected chi connectivity index (χ0v) is 7.86. The highest BCUT2D eigenvalue weighted by molar-refractivity contribution is 5.79. The van der Waals surface area contributed by atoms with Crippen LogP contribution in [0.25, 0.3) is 0 Å². The average Bonchev–Trinajstić information content (AvgIpc) is 2.69. The van der Waals surface area contributed by atoms with E-state index in [-0.39, 0.29) is 0 Å². The monoisotopic (exact) mass is 181 g/mol. The van der Waals surface area contributed by atoms with E-state index in [0.717, 1.165) is 13.0 Å². The van der Waals surface area contributed by atoms with Gasteiger partial charge in [-0.2, -0.15) is 0 Å². The van der Waals surface area contributed by atoms with Gasteiger partial charge in [0.15, 0.2) is 0 Å². The van der Waals surface area contributed by atoms with E-state index in [2.05, 4.69) is 18.4 Å². The smallest absolute Gasteiger partial charge is 0.311 e. The van der Waals surface area contributed by atoms with Gasteiger partial charge < -0.3 is 5.11 Å². The first-order valence-corrected chi connectivity index (χ1v) is 4.70. The van der Waals surface area contributed by atoms with Crippen LogP contribution < -0.4 is 0 Å². The fourth-order valence-corrected chi connectivity index (χ4v) is 2.31. The molecule has 0 radical (unpaired) electrons. The largest absolute Gasteiger partial charge is 0.481 e. The Balaban J connectivity index is 2.04. The van der Waals surface area contributed by atoms with Gasteiger partial charge in [0, 0.05) is 19.1 Å². The second-order valence-corrected chi connectivity index (χ2v) is 4.27. The van der Waals surface area contributed by atoms with Crippen LogP contribution in [-0.2, 0) is 4.79 Å². The fourth-order valence-electron chi connectivity index (χ4n) is 2.31. The van der Waals surface area contributed by atoms with Crippen molar-refractivity contribution >= 4 is 5.97 Å². The van der Waals surface area contributed by atoms with Crippen molar-refractivity contribution < 1.29 is 9.90 Å². The van der Waals surface area contributed by atoms with Crippen molar-refractivity contribution in [2.45, 2.75) is 19.4 Å². The third kappa shape index (κ3) is 1.10. The van der Waals surface area contributed by atoms with Gasteiger partial charge in [0.25, 0.3) is 0 Å². The van der Waals surface area contributed by atoms with Crippen LogP contribution in [-0.4, -0.2) is 35.1 Å². The molecule has 1 saturated carbocycles. The highest BCUT2D eigenvalue weighted by Gasteiger charge is 2.65. The summed E-state index contributed by atoms with van der Waals surface area (Å²) in [6.07, 6.45) is 2.75. The topological polar surface area (TPSA) is 40.5 Å². The standard InChI is InChI=1S/C10H15NO2/c1-3-7(2)11-5-8-4-10(8,6-11)9(12)13/h3,7-8H,1,4-6H2,2H3,(H,12,13). The third-order valence-electron chi connectivity index (χ3n) is 3.52. The summed E-state index contributed by atoms with van der Waals surface area (Å²) in [4.78, 5) is 13.2. The molecule has 1 saturated heterocycles. The van der Waals surface area contributed by atoms with Crippen LogP contribution in [0.15, 0.2) is 12.7 Å². The molecule has 0 aromatic carbocycles. The highest BCUT2D eigenvalue weighted by Crippen LogP contribution is 2.58. The number of aliphatic carboxylic acids is 1. The molecule has 0 bridgehead atoms. The van der Waals surface area contributed by atoms with E-state index in [9.17, 15) is 4.79 Å². The van der Waals surface area contributed by atoms with Gasteiger partial charge in [0.05, 0.1) is 5.41 Å². The summed E-state index contributed by atoms with van der Waals surface area (Å²) >= 11 is 0. The average molecular weight is 181 g/mol. The van der Waals surface area contributed by atoms with Crippen LogP contribution in [0.1, 0.15) is 13.3 Å². The van der Waals surface area contributed by atoms with Crippen LogP contribution in [0.2, 0.25) is 0 Å². The summed E-state index contributed by atoms with van der Waals surface area (Å²) in [6.45, 7) is 7.42. The van der Waals surface area contributed by atoms with Crippen LogP contribution >= 0.6 is 0 Å². The number of hydrogen-bond donors (Lipinski definition) is 1. The summed E-state index contributed by atoms with van der Waals surface area (Å²) in [5.74, 6) is -0.219. The zero-order valence-electron chi connectivity index (χ0n) is 7.86. The number of hydrogen-bond acceptors (Lipinski definition) is 2. The Hall–Kier alpha value is -0.830. The number of carboxylic acids is 1. The molecular weight excluding hydrogens is 166 g/mol. The number of carboxylic acid groups (broad SMARTS) is 1. The van der Waals surface area contributed by atoms with Crippen molar-refractivity contribution in [1.82, 2.24) is 4.90 Å². The molecule has 3 nitrogen and oxygen atoms in total. The molecule has 2 rings (SSSR count). The third-order valence-corrected chi connectivity index (χ3v) is 3.52. The van der Waals surface area contributed by atoms with Crippen LogP contribution in [0.4, 0.5) is 0 Å². The Bertz CT molecular complexity index is 264.